The molecule has 45 heavy (non-hydrogen) atoms. The molecule has 1 saturated heterocycles. The highest BCUT2D eigenvalue weighted by Crippen LogP contribution is 2.30. The van der Waals surface area contributed by atoms with Gasteiger partial charge in [0, 0.05) is 70.1 Å². The van der Waals surface area contributed by atoms with Crippen LogP contribution in [-0.2, 0) is 11.2 Å². The minimum atomic E-state index is -0.989. The van der Waals surface area contributed by atoms with Crippen molar-refractivity contribution >= 4 is 12.0 Å². The van der Waals surface area contributed by atoms with Crippen LogP contribution in [0.25, 0.3) is 11.1 Å². The molecule has 0 unspecified atom stereocenters. The standard InChI is InChI=1S/C35H43FN4O5/c1-34(2,3)45-33(42)40-14-12-35(43,13-15-40)24-39-17-16-38(4)32(41)27-7-5-6-25(20-27)21-29-22-26(8-10-30(29)44-19-18-39)28-9-11-31(36)37-23-28/h5-11,20,22-23,43H,12-19,21,24H2,1-4H3. The smallest absolute Gasteiger partial charge is 0.410 e. The molecule has 1 N–H and O–H groups in total. The van der Waals surface area contributed by atoms with E-state index in [4.69, 9.17) is 9.47 Å². The third-order valence-electron chi connectivity index (χ3n) is 8.32. The van der Waals surface area contributed by atoms with Crippen molar-refractivity contribution in [1.82, 2.24) is 19.7 Å². The number of likely N-dealkylation sites (tertiary alicyclic amines) is 1. The Kier molecular flexibility index (Phi) is 9.74. The molecule has 3 heterocycles. The van der Waals surface area contributed by atoms with Crippen LogP contribution >= 0.6 is 0 Å². The minimum absolute atomic E-state index is 0.0687. The number of amides is 2. The zero-order chi connectivity index (χ0) is 32.2. The number of piperidine rings is 1. The molecule has 0 atom stereocenters. The Balaban J connectivity index is 1.35. The Labute approximate surface area is 264 Å². The summed E-state index contributed by atoms with van der Waals surface area (Å²) >= 11 is 0. The molecule has 0 spiro atoms. The van der Waals surface area contributed by atoms with Crippen molar-refractivity contribution in [1.29, 1.82) is 0 Å². The number of aliphatic hydroxyl groups is 1. The van der Waals surface area contributed by atoms with Crippen molar-refractivity contribution in [2.45, 2.75) is 51.2 Å². The number of likely N-dealkylation sites (N-methyl/N-ethyl adjacent to an activating group) is 1. The molecule has 1 fully saturated rings. The Morgan fingerprint density at radius 3 is 2.47 bits per heavy atom. The van der Waals surface area contributed by atoms with Crippen LogP contribution in [0.15, 0.2) is 60.8 Å². The predicted octanol–water partition coefficient (Wildman–Crippen LogP) is 5.01. The monoisotopic (exact) mass is 618 g/mol. The summed E-state index contributed by atoms with van der Waals surface area (Å²) in [5.74, 6) is 0.125. The van der Waals surface area contributed by atoms with Gasteiger partial charge >= 0.3 is 6.09 Å². The summed E-state index contributed by atoms with van der Waals surface area (Å²) in [6, 6.07) is 16.5. The molecule has 240 valence electrons. The molecule has 0 aliphatic carbocycles. The first-order valence-corrected chi connectivity index (χ1v) is 15.5. The minimum Gasteiger partial charge on any atom is -0.492 e. The molecule has 2 bridgehead atoms. The van der Waals surface area contributed by atoms with Crippen LogP contribution in [0.4, 0.5) is 9.18 Å². The molecule has 2 aliphatic rings. The maximum Gasteiger partial charge on any atom is 0.410 e. The first kappa shape index (κ1) is 32.4. The third-order valence-corrected chi connectivity index (χ3v) is 8.32. The largest absolute Gasteiger partial charge is 0.492 e. The second-order valence-electron chi connectivity index (χ2n) is 13.1. The van der Waals surface area contributed by atoms with E-state index in [9.17, 15) is 19.1 Å². The SMILES string of the molecule is CN1CCN(CC2(O)CCN(C(=O)OC(C)(C)C)CC2)CCOc2ccc(-c3ccc(F)nc3)cc2Cc2cccc(c2)C1=O. The number of nitrogens with zero attached hydrogens (tertiary/aromatic N) is 4. The Bertz CT molecular complexity index is 1500. The number of halogens is 1. The van der Waals surface area contributed by atoms with Crippen LogP contribution in [0.3, 0.4) is 0 Å². The number of carbonyl (C=O) groups excluding carboxylic acids is 2. The first-order valence-electron chi connectivity index (χ1n) is 15.5. The number of aromatic nitrogens is 1. The van der Waals surface area contributed by atoms with Crippen LogP contribution in [0.5, 0.6) is 5.75 Å². The van der Waals surface area contributed by atoms with Gasteiger partial charge in [0.1, 0.15) is 18.0 Å². The number of fused-ring (bicyclic) bond motifs is 3. The van der Waals surface area contributed by atoms with E-state index < -0.39 is 17.1 Å². The first-order chi connectivity index (χ1) is 21.4. The summed E-state index contributed by atoms with van der Waals surface area (Å²) in [6.45, 7) is 8.66. The Morgan fingerprint density at radius 1 is 1.00 bits per heavy atom. The summed E-state index contributed by atoms with van der Waals surface area (Å²) in [5, 5.41) is 11.6. The molecular formula is C35H43FN4O5. The Hall–Kier alpha value is -4.02. The van der Waals surface area contributed by atoms with E-state index >= 15 is 0 Å². The van der Waals surface area contributed by atoms with E-state index in [2.05, 4.69) is 9.88 Å². The molecule has 0 radical (unpaired) electrons. The number of rotatable bonds is 3. The van der Waals surface area contributed by atoms with Gasteiger partial charge in [0.05, 0.1) is 5.60 Å². The van der Waals surface area contributed by atoms with E-state index in [1.165, 1.54) is 12.3 Å². The lowest BCUT2D eigenvalue weighted by molar-refractivity contribution is -0.0517. The highest BCUT2D eigenvalue weighted by molar-refractivity contribution is 5.94. The topological polar surface area (TPSA) is 95.4 Å². The average molecular weight is 619 g/mol. The van der Waals surface area contributed by atoms with Crippen LogP contribution < -0.4 is 4.74 Å². The predicted molar refractivity (Wildman–Crippen MR) is 170 cm³/mol. The van der Waals surface area contributed by atoms with Crippen LogP contribution in [0.1, 0.15) is 55.1 Å². The van der Waals surface area contributed by atoms with Gasteiger partial charge in [-0.1, -0.05) is 18.2 Å². The number of hydrogen-bond donors (Lipinski definition) is 1. The van der Waals surface area contributed by atoms with Gasteiger partial charge in [-0.05, 0) is 86.7 Å². The van der Waals surface area contributed by atoms with Gasteiger partial charge in [-0.2, -0.15) is 4.39 Å². The van der Waals surface area contributed by atoms with Crippen molar-refractivity contribution in [3.8, 4) is 16.9 Å². The lowest BCUT2D eigenvalue weighted by atomic mass is 9.91. The molecular weight excluding hydrogens is 575 g/mol. The van der Waals surface area contributed by atoms with Crippen molar-refractivity contribution in [3.63, 3.8) is 0 Å². The lowest BCUT2D eigenvalue weighted by Gasteiger charge is -2.41. The van der Waals surface area contributed by atoms with Crippen molar-refractivity contribution in [2.75, 3.05) is 52.9 Å². The average Bonchev–Trinajstić information content (AvgIpc) is 2.99. The van der Waals surface area contributed by atoms with Crippen LogP contribution in [-0.4, -0.2) is 101 Å². The van der Waals surface area contributed by atoms with Gasteiger partial charge in [-0.25, -0.2) is 9.78 Å². The van der Waals surface area contributed by atoms with Gasteiger partial charge in [0.25, 0.3) is 5.91 Å². The molecule has 9 nitrogen and oxygen atoms in total. The summed E-state index contributed by atoms with van der Waals surface area (Å²) in [6.07, 6.45) is 2.54. The fourth-order valence-electron chi connectivity index (χ4n) is 5.79. The van der Waals surface area contributed by atoms with E-state index in [0.29, 0.717) is 70.7 Å². The number of carbonyl (C=O) groups is 2. The van der Waals surface area contributed by atoms with Gasteiger partial charge < -0.3 is 24.4 Å². The molecule has 5 rings (SSSR count). The fraction of sp³-hybridized carbons (Fsp3) is 0.457. The maximum absolute atomic E-state index is 13.5. The normalized spacial score (nSPS) is 18.0. The van der Waals surface area contributed by atoms with Gasteiger partial charge in [0.15, 0.2) is 0 Å². The highest BCUT2D eigenvalue weighted by Gasteiger charge is 2.37. The zero-order valence-corrected chi connectivity index (χ0v) is 26.6. The van der Waals surface area contributed by atoms with Gasteiger partial charge in [-0.3, -0.25) is 9.69 Å². The molecule has 2 aromatic carbocycles. The summed E-state index contributed by atoms with van der Waals surface area (Å²) in [7, 11) is 1.79. The quantitative estimate of drug-likeness (QED) is 0.413. The van der Waals surface area contributed by atoms with E-state index in [1.807, 2.05) is 63.2 Å². The van der Waals surface area contributed by atoms with Crippen molar-refractivity contribution in [3.05, 3.63) is 83.4 Å². The summed E-state index contributed by atoms with van der Waals surface area (Å²) in [5.41, 5.74) is 2.63. The van der Waals surface area contributed by atoms with Crippen molar-refractivity contribution in [2.24, 2.45) is 0 Å². The van der Waals surface area contributed by atoms with Gasteiger partial charge in [-0.15, -0.1) is 0 Å². The Morgan fingerprint density at radius 2 is 1.76 bits per heavy atom. The number of benzene rings is 2. The number of hydrogen-bond acceptors (Lipinski definition) is 7. The molecule has 3 aromatic rings. The highest BCUT2D eigenvalue weighted by atomic mass is 19.1. The molecule has 2 aliphatic heterocycles. The second kappa shape index (κ2) is 13.5. The van der Waals surface area contributed by atoms with Crippen LogP contribution in [0.2, 0.25) is 0 Å². The number of β-amino-alcohol motifs (C(OH)–C–C–N with tert-alkyl or cyclic N) is 1. The number of ether oxygens (including phenoxy) is 2. The van der Waals surface area contributed by atoms with E-state index in [-0.39, 0.29) is 12.0 Å². The molecule has 0 saturated carbocycles. The zero-order valence-electron chi connectivity index (χ0n) is 26.6. The molecule has 2 amide bonds. The third kappa shape index (κ3) is 8.58. The fourth-order valence-corrected chi connectivity index (χ4v) is 5.79. The van der Waals surface area contributed by atoms with Gasteiger partial charge in [0.2, 0.25) is 5.95 Å². The molecule has 10 heteroatoms. The lowest BCUT2D eigenvalue weighted by Crippen LogP contribution is -2.54. The van der Waals surface area contributed by atoms with Crippen molar-refractivity contribution < 1.29 is 28.6 Å². The number of pyridine rings is 1. The van der Waals surface area contributed by atoms with E-state index in [0.717, 1.165) is 28.0 Å². The summed E-state index contributed by atoms with van der Waals surface area (Å²) in [4.78, 5) is 35.3. The summed E-state index contributed by atoms with van der Waals surface area (Å²) < 4.78 is 25.4. The maximum atomic E-state index is 13.5. The molecule has 1 aromatic heterocycles. The second-order valence-corrected chi connectivity index (χ2v) is 13.1. The van der Waals surface area contributed by atoms with Crippen LogP contribution in [0, 0.1) is 5.95 Å². The van der Waals surface area contributed by atoms with E-state index in [1.54, 1.807) is 22.9 Å².